The average Bonchev–Trinajstić information content (AvgIpc) is 3.33. The number of carbonyl (C=O) groups is 1. The first kappa shape index (κ1) is 27.1. The first-order valence-electron chi connectivity index (χ1n) is 12.2. The minimum atomic E-state index is -0.552. The maximum Gasteiger partial charge on any atom is 0.410 e. The van der Waals surface area contributed by atoms with E-state index in [9.17, 15) is 9.18 Å². The number of aromatic nitrogens is 3. The quantitative estimate of drug-likeness (QED) is 0.272. The summed E-state index contributed by atoms with van der Waals surface area (Å²) in [4.78, 5) is 28.7. The van der Waals surface area contributed by atoms with Gasteiger partial charge in [-0.1, -0.05) is 18.7 Å². The number of methoxy groups -OCH3 is 1. The zero-order valence-electron chi connectivity index (χ0n) is 21.7. The summed E-state index contributed by atoms with van der Waals surface area (Å²) >= 11 is 2.96. The number of thioether (sulfide) groups is 1. The van der Waals surface area contributed by atoms with Crippen LogP contribution in [-0.2, 0) is 4.74 Å². The summed E-state index contributed by atoms with van der Waals surface area (Å²) in [5, 5.41) is 6.76. The Bertz CT molecular complexity index is 1230. The van der Waals surface area contributed by atoms with Crippen LogP contribution in [0.15, 0.2) is 34.8 Å². The summed E-state index contributed by atoms with van der Waals surface area (Å²) in [5.74, 6) is 1.55. The second-order valence-electron chi connectivity index (χ2n) is 9.63. The largest absolute Gasteiger partial charge is 0.480 e. The monoisotopic (exact) mass is 545 g/mol. The van der Waals surface area contributed by atoms with Crippen LogP contribution in [0.4, 0.5) is 15.0 Å². The van der Waals surface area contributed by atoms with E-state index >= 15 is 0 Å². The van der Waals surface area contributed by atoms with Gasteiger partial charge in [0.15, 0.2) is 5.16 Å². The number of nitrogens with one attached hydrogen (secondary N) is 1. The fraction of sp³-hybridized carbons (Fsp3) is 0.462. The highest BCUT2D eigenvalue weighted by Crippen LogP contribution is 2.40. The van der Waals surface area contributed by atoms with Crippen molar-refractivity contribution >= 4 is 35.0 Å². The summed E-state index contributed by atoms with van der Waals surface area (Å²) in [7, 11) is 1.58. The van der Waals surface area contributed by atoms with Crippen LogP contribution >= 0.6 is 23.1 Å². The van der Waals surface area contributed by atoms with Crippen LogP contribution < -0.4 is 10.1 Å². The second kappa shape index (κ2) is 11.6. The molecule has 1 N–H and O–H groups in total. The lowest BCUT2D eigenvalue weighted by Crippen LogP contribution is -2.47. The van der Waals surface area contributed by atoms with Crippen LogP contribution in [0.2, 0.25) is 0 Å². The maximum absolute atomic E-state index is 13.4. The summed E-state index contributed by atoms with van der Waals surface area (Å²) in [5.41, 5.74) is 1.66. The lowest BCUT2D eigenvalue weighted by atomic mass is 10.1. The predicted molar refractivity (Wildman–Crippen MR) is 146 cm³/mol. The number of rotatable bonds is 7. The predicted octanol–water partition coefficient (Wildman–Crippen LogP) is 6.34. The van der Waals surface area contributed by atoms with Gasteiger partial charge in [0, 0.05) is 30.1 Å². The van der Waals surface area contributed by atoms with Crippen LogP contribution in [0, 0.1) is 5.82 Å². The third-order valence-electron chi connectivity index (χ3n) is 5.59. The highest BCUT2D eigenvalue weighted by Gasteiger charge is 2.29. The van der Waals surface area contributed by atoms with Gasteiger partial charge in [0.05, 0.1) is 12.8 Å². The molecule has 8 nitrogen and oxygen atoms in total. The van der Waals surface area contributed by atoms with Crippen molar-refractivity contribution in [3.8, 4) is 27.7 Å². The van der Waals surface area contributed by atoms with Gasteiger partial charge in [0.25, 0.3) is 0 Å². The van der Waals surface area contributed by atoms with E-state index < -0.39 is 5.60 Å². The number of amides is 1. The molecule has 0 spiro atoms. The molecule has 2 aromatic heterocycles. The molecule has 1 saturated heterocycles. The number of hydrogen-bond acceptors (Lipinski definition) is 9. The third kappa shape index (κ3) is 6.89. The Kier molecular flexibility index (Phi) is 8.53. The topological polar surface area (TPSA) is 89.5 Å². The Morgan fingerprint density at radius 1 is 1.24 bits per heavy atom. The number of piperidine rings is 1. The number of thiazole rings is 1. The number of anilines is 1. The molecule has 4 rings (SSSR count). The summed E-state index contributed by atoms with van der Waals surface area (Å²) in [6.45, 7) is 8.78. The van der Waals surface area contributed by atoms with Crippen molar-refractivity contribution in [2.45, 2.75) is 57.3 Å². The van der Waals surface area contributed by atoms with E-state index in [2.05, 4.69) is 10.3 Å². The van der Waals surface area contributed by atoms with Gasteiger partial charge in [-0.15, -0.1) is 11.3 Å². The van der Waals surface area contributed by atoms with E-state index in [4.69, 9.17) is 19.4 Å². The third-order valence-corrected chi connectivity index (χ3v) is 7.18. The highest BCUT2D eigenvalue weighted by molar-refractivity contribution is 7.99. The molecule has 198 valence electrons. The van der Waals surface area contributed by atoms with E-state index in [1.165, 1.54) is 35.2 Å². The number of benzene rings is 1. The van der Waals surface area contributed by atoms with Gasteiger partial charge in [-0.2, -0.15) is 4.98 Å². The number of carbonyl (C=O) groups excluding carboxylic acids is 1. The lowest BCUT2D eigenvalue weighted by molar-refractivity contribution is 0.0206. The smallest absolute Gasteiger partial charge is 0.410 e. The van der Waals surface area contributed by atoms with Crippen molar-refractivity contribution in [3.05, 3.63) is 35.5 Å². The Morgan fingerprint density at radius 2 is 2.00 bits per heavy atom. The van der Waals surface area contributed by atoms with E-state index in [1.54, 1.807) is 24.1 Å². The van der Waals surface area contributed by atoms with Gasteiger partial charge in [-0.25, -0.2) is 19.2 Å². The van der Waals surface area contributed by atoms with Crippen LogP contribution in [0.3, 0.4) is 0 Å². The lowest BCUT2D eigenvalue weighted by Gasteiger charge is -2.34. The number of halogens is 1. The SMILES string of the molecule is CCSc1nc(NC2CCCN(C(=O)OC(C)(C)C)C2)c(-c2nc(-c3ccc(F)cc3)cs2)c(OC)n1. The van der Waals surface area contributed by atoms with E-state index in [0.29, 0.717) is 40.5 Å². The Balaban J connectivity index is 1.65. The fourth-order valence-corrected chi connectivity index (χ4v) is 5.41. The number of likely N-dealkylation sites (tertiary alicyclic amines) is 1. The average molecular weight is 546 g/mol. The molecule has 0 aliphatic carbocycles. The number of nitrogens with zero attached hydrogens (tertiary/aromatic N) is 4. The normalized spacial score (nSPS) is 15.9. The van der Waals surface area contributed by atoms with Gasteiger partial charge < -0.3 is 19.7 Å². The molecule has 1 amide bonds. The maximum atomic E-state index is 13.4. The number of hydrogen-bond donors (Lipinski definition) is 1. The molecule has 1 fully saturated rings. The fourth-order valence-electron chi connectivity index (χ4n) is 3.98. The van der Waals surface area contributed by atoms with E-state index in [0.717, 1.165) is 29.9 Å². The Morgan fingerprint density at radius 3 is 2.68 bits per heavy atom. The van der Waals surface area contributed by atoms with Crippen LogP contribution in [0.25, 0.3) is 21.8 Å². The molecule has 1 atom stereocenters. The summed E-state index contributed by atoms with van der Waals surface area (Å²) in [6.07, 6.45) is 1.40. The van der Waals surface area contributed by atoms with E-state index in [-0.39, 0.29) is 18.0 Å². The zero-order chi connectivity index (χ0) is 26.6. The first-order valence-corrected chi connectivity index (χ1v) is 14.1. The molecule has 0 saturated carbocycles. The first-order chi connectivity index (χ1) is 17.7. The molecular weight excluding hydrogens is 513 g/mol. The van der Waals surface area contributed by atoms with Gasteiger partial charge in [0.1, 0.15) is 27.8 Å². The second-order valence-corrected chi connectivity index (χ2v) is 11.7. The minimum absolute atomic E-state index is 0.0318. The van der Waals surface area contributed by atoms with Gasteiger partial charge in [0.2, 0.25) is 5.88 Å². The van der Waals surface area contributed by atoms with Crippen molar-refractivity contribution in [3.63, 3.8) is 0 Å². The minimum Gasteiger partial charge on any atom is -0.480 e. The molecule has 0 radical (unpaired) electrons. The molecule has 37 heavy (non-hydrogen) atoms. The van der Waals surface area contributed by atoms with Gasteiger partial charge in [-0.3, -0.25) is 0 Å². The van der Waals surface area contributed by atoms with Crippen molar-refractivity contribution in [2.24, 2.45) is 0 Å². The molecule has 0 bridgehead atoms. The van der Waals surface area contributed by atoms with Crippen LogP contribution in [0.5, 0.6) is 5.88 Å². The summed E-state index contributed by atoms with van der Waals surface area (Å²) in [6, 6.07) is 6.21. The molecule has 3 aromatic rings. The standard InChI is InChI=1S/C26H32FN5O3S2/c1-6-36-24-30-21(28-18-8-7-13-32(14-18)25(33)35-26(2,3)4)20(22(31-24)34-5)23-29-19(15-37-23)16-9-11-17(27)12-10-16/h9-12,15,18H,6-8,13-14H2,1-5H3,(H,28,30,31). The van der Waals surface area contributed by atoms with E-state index in [1.807, 2.05) is 33.1 Å². The van der Waals surface area contributed by atoms with Crippen molar-refractivity contribution in [1.82, 2.24) is 19.9 Å². The highest BCUT2D eigenvalue weighted by atomic mass is 32.2. The van der Waals surface area contributed by atoms with Crippen molar-refractivity contribution < 1.29 is 18.7 Å². The Labute approximate surface area is 225 Å². The molecule has 11 heteroatoms. The van der Waals surface area contributed by atoms with Crippen molar-refractivity contribution in [2.75, 3.05) is 31.3 Å². The molecule has 3 heterocycles. The van der Waals surface area contributed by atoms with Gasteiger partial charge in [-0.05, 0) is 63.6 Å². The zero-order valence-corrected chi connectivity index (χ0v) is 23.3. The van der Waals surface area contributed by atoms with Crippen LogP contribution in [-0.4, -0.2) is 63.5 Å². The summed E-state index contributed by atoms with van der Waals surface area (Å²) < 4.78 is 24.7. The van der Waals surface area contributed by atoms with Crippen LogP contribution in [0.1, 0.15) is 40.5 Å². The molecule has 1 unspecified atom stereocenters. The van der Waals surface area contributed by atoms with Crippen molar-refractivity contribution in [1.29, 1.82) is 0 Å². The molecular formula is C26H32FN5O3S2. The molecule has 1 aliphatic rings. The number of ether oxygens (including phenoxy) is 2. The molecule has 1 aliphatic heterocycles. The Hall–Kier alpha value is -2.92. The van der Waals surface area contributed by atoms with Gasteiger partial charge >= 0.3 is 6.09 Å². The molecule has 1 aromatic carbocycles.